The number of hydrogen-bond donors (Lipinski definition) is 0. The second-order valence-corrected chi connectivity index (χ2v) is 22.0. The van der Waals surface area contributed by atoms with E-state index in [1.165, 1.54) is 12.8 Å². The molecule has 0 aromatic rings. The van der Waals surface area contributed by atoms with Crippen molar-refractivity contribution in [2.45, 2.75) is 75.7 Å². The zero-order valence-corrected chi connectivity index (χ0v) is 17.0. The summed E-state index contributed by atoms with van der Waals surface area (Å²) in [4.78, 5) is 10.9. The summed E-state index contributed by atoms with van der Waals surface area (Å²) in [5.74, 6) is 0. The van der Waals surface area contributed by atoms with Crippen LogP contribution in [0.3, 0.4) is 0 Å². The van der Waals surface area contributed by atoms with Crippen molar-refractivity contribution in [2.75, 3.05) is 0 Å². The molecule has 4 rings (SSSR count). The Bertz CT molecular complexity index is 608. The minimum atomic E-state index is -2.94. The molecule has 0 aromatic carbocycles. The number of hydrogen-bond acceptors (Lipinski definition) is 4. The molecule has 2 heterocycles. The Balaban J connectivity index is 1.66. The Kier molecular flexibility index (Phi) is 3.19. The van der Waals surface area contributed by atoms with Gasteiger partial charge in [-0.1, -0.05) is 0 Å². The predicted octanol–water partition coefficient (Wildman–Crippen LogP) is 4.12. The number of nitrogens with zero attached hydrogens (tertiary/aromatic N) is 2. The third-order valence-corrected chi connectivity index (χ3v) is 11.2. The Labute approximate surface area is 145 Å². The van der Waals surface area contributed by atoms with Crippen LogP contribution in [-0.2, 0) is 16.9 Å². The third kappa shape index (κ3) is 1.94. The molecule has 0 amide bonds. The molecule has 7 heteroatoms. The zero-order valence-electron chi connectivity index (χ0n) is 12.9. The molecule has 2 atom stereocenters. The van der Waals surface area contributed by atoms with Crippen LogP contribution in [0.4, 0.5) is 0 Å². The maximum atomic E-state index is 6.32. The van der Waals surface area contributed by atoms with Gasteiger partial charge in [0.1, 0.15) is 0 Å². The summed E-state index contributed by atoms with van der Waals surface area (Å²) in [5, 5.41) is 0. The van der Waals surface area contributed by atoms with Crippen molar-refractivity contribution in [1.82, 2.24) is 0 Å². The molecule has 2 saturated carbocycles. The molecule has 0 bridgehead atoms. The molecule has 128 valence electrons. The average molecular weight is 481 g/mol. The van der Waals surface area contributed by atoms with Crippen LogP contribution < -0.4 is 0 Å². The Morgan fingerprint density at radius 1 is 0.955 bits per heavy atom. The number of halogens is 2. The van der Waals surface area contributed by atoms with E-state index in [1.54, 1.807) is 0 Å². The minimum absolute atomic E-state index is 0.118. The molecule has 0 N–H and O–H groups in total. The summed E-state index contributed by atoms with van der Waals surface area (Å²) >= 11 is 7.63. The molecule has 0 radical (unpaired) electrons. The fourth-order valence-corrected chi connectivity index (χ4v) is 7.26. The number of rotatable bonds is 2. The van der Waals surface area contributed by atoms with Crippen LogP contribution in [0.2, 0.25) is 0 Å². The van der Waals surface area contributed by atoms with Crippen LogP contribution in [0, 0.1) is 0 Å². The fraction of sp³-hybridized carbons (Fsp3) is 0.800. The van der Waals surface area contributed by atoms with Crippen molar-refractivity contribution < 1.29 is 16.9 Å². The van der Waals surface area contributed by atoms with Crippen molar-refractivity contribution in [3.05, 3.63) is 0 Å². The zero-order chi connectivity index (χ0) is 15.8. The van der Waals surface area contributed by atoms with Crippen molar-refractivity contribution in [3.8, 4) is 0 Å². The molecule has 4 nitrogen and oxygen atoms in total. The predicted molar refractivity (Wildman–Crippen MR) is 94.1 cm³/mol. The standard InChI is InChI=1S/2C7H10NO.CH2.2BrH.Ni/c2*1-6-7(3-2-4-7)9-5-8-6;;;;/h2*6H,2-4H2,1H3;1H2;2*1H;/q;;;;;+2/p-2/t2*6-;;;;/m00..../s1. The van der Waals surface area contributed by atoms with E-state index in [0.29, 0.717) is 9.74 Å². The molecule has 4 aliphatic rings. The van der Waals surface area contributed by atoms with Crippen LogP contribution in [-0.4, -0.2) is 38.5 Å². The Morgan fingerprint density at radius 2 is 1.32 bits per heavy atom. The number of ether oxygens (including phenoxy) is 2. The van der Waals surface area contributed by atoms with Gasteiger partial charge in [-0.25, -0.2) is 0 Å². The van der Waals surface area contributed by atoms with Gasteiger partial charge >= 0.3 is 146 Å². The van der Waals surface area contributed by atoms with Gasteiger partial charge in [0.25, 0.3) is 0 Å². The van der Waals surface area contributed by atoms with Crippen LogP contribution >= 0.6 is 28.5 Å². The number of aliphatic imine (C=N–C) groups is 2. The van der Waals surface area contributed by atoms with E-state index in [9.17, 15) is 0 Å². The molecule has 2 fully saturated rings. The van der Waals surface area contributed by atoms with Crippen molar-refractivity contribution in [1.29, 1.82) is 0 Å². The van der Waals surface area contributed by atoms with Gasteiger partial charge in [0.15, 0.2) is 0 Å². The summed E-state index contributed by atoms with van der Waals surface area (Å²) < 4.78 is 12.6. The van der Waals surface area contributed by atoms with Gasteiger partial charge in [0.2, 0.25) is 0 Å². The SMILES string of the molecule is [CH2]=[Ni]([Br])([Br])([C]1=N[C@@H](C)C2(CCC2)O1)[C]1=N[C@@H](C)C2(CCC2)O1. The first-order valence-electron chi connectivity index (χ1n) is 7.71. The van der Waals surface area contributed by atoms with Crippen LogP contribution in [0.25, 0.3) is 0 Å². The van der Waals surface area contributed by atoms with Gasteiger partial charge in [-0.3, -0.25) is 0 Å². The molecular formula is C15H22Br2N2NiO2. The molecule has 22 heavy (non-hydrogen) atoms. The molecule has 2 aliphatic heterocycles. The molecule has 2 spiro atoms. The first-order valence-corrected chi connectivity index (χ1v) is 14.3. The summed E-state index contributed by atoms with van der Waals surface area (Å²) in [6, 6.07) is 0.339. The third-order valence-electron chi connectivity index (χ3n) is 5.59. The van der Waals surface area contributed by atoms with Crippen LogP contribution in [0.1, 0.15) is 52.4 Å². The van der Waals surface area contributed by atoms with E-state index in [-0.39, 0.29) is 23.3 Å². The quantitative estimate of drug-likeness (QED) is 0.558. The Morgan fingerprint density at radius 3 is 1.55 bits per heavy atom. The van der Waals surface area contributed by atoms with Crippen molar-refractivity contribution in [2.24, 2.45) is 9.98 Å². The van der Waals surface area contributed by atoms with E-state index in [1.807, 2.05) is 0 Å². The summed E-state index contributed by atoms with van der Waals surface area (Å²) in [6.45, 7) is 4.26. The van der Waals surface area contributed by atoms with E-state index >= 15 is 0 Å². The molecule has 0 saturated heterocycles. The van der Waals surface area contributed by atoms with Gasteiger partial charge in [-0.15, -0.1) is 0 Å². The monoisotopic (exact) mass is 478 g/mol. The summed E-state index contributed by atoms with van der Waals surface area (Å²) in [5.41, 5.74) is 4.19. The van der Waals surface area contributed by atoms with Crippen molar-refractivity contribution >= 4 is 43.7 Å². The summed E-state index contributed by atoms with van der Waals surface area (Å²) in [7, 11) is -2.94. The molecule has 2 aliphatic carbocycles. The van der Waals surface area contributed by atoms with Gasteiger partial charge in [-0.2, -0.15) is 0 Å². The molecule has 0 unspecified atom stereocenters. The maximum absolute atomic E-state index is 6.32. The van der Waals surface area contributed by atoms with Gasteiger partial charge < -0.3 is 0 Å². The fourth-order valence-electron chi connectivity index (χ4n) is 3.48. The topological polar surface area (TPSA) is 43.2 Å². The van der Waals surface area contributed by atoms with E-state index in [0.717, 1.165) is 25.7 Å². The second-order valence-electron chi connectivity index (χ2n) is 6.86. The average Bonchev–Trinajstić information content (AvgIpc) is 2.86. The first kappa shape index (κ1) is 15.8. The normalized spacial score (nSPS) is 36.5. The first-order chi connectivity index (χ1) is 10.2. The van der Waals surface area contributed by atoms with E-state index in [4.69, 9.17) is 19.5 Å². The van der Waals surface area contributed by atoms with Crippen LogP contribution in [0.5, 0.6) is 0 Å². The molecular weight excluding hydrogens is 459 g/mol. The van der Waals surface area contributed by atoms with E-state index in [2.05, 4.69) is 47.8 Å². The van der Waals surface area contributed by atoms with Gasteiger partial charge in [0.05, 0.1) is 0 Å². The van der Waals surface area contributed by atoms with Crippen molar-refractivity contribution in [3.63, 3.8) is 0 Å². The van der Waals surface area contributed by atoms with Gasteiger partial charge in [-0.05, 0) is 0 Å². The second kappa shape index (κ2) is 4.46. The van der Waals surface area contributed by atoms with E-state index < -0.39 is 7.39 Å². The van der Waals surface area contributed by atoms with Crippen LogP contribution in [0.15, 0.2) is 9.98 Å². The van der Waals surface area contributed by atoms with Gasteiger partial charge in [0, 0.05) is 0 Å². The Hall–Kier alpha value is 0.264. The molecule has 0 aromatic heterocycles. The summed E-state index contributed by atoms with van der Waals surface area (Å²) in [6.07, 6.45) is 6.69.